The van der Waals surface area contributed by atoms with Crippen LogP contribution >= 0.6 is 0 Å². The van der Waals surface area contributed by atoms with Crippen molar-refractivity contribution in [2.24, 2.45) is 0 Å². The van der Waals surface area contributed by atoms with Crippen molar-refractivity contribution in [3.63, 3.8) is 0 Å². The molecule has 1 amide bonds. The molecule has 10 nitrogen and oxygen atoms in total. The first-order valence-corrected chi connectivity index (χ1v) is 13.5. The lowest BCUT2D eigenvalue weighted by atomic mass is 10.1. The van der Waals surface area contributed by atoms with Gasteiger partial charge in [0.25, 0.3) is 10.0 Å². The first-order chi connectivity index (χ1) is 15.8. The summed E-state index contributed by atoms with van der Waals surface area (Å²) in [5.41, 5.74) is 3.19. The maximum atomic E-state index is 12.6. The summed E-state index contributed by atoms with van der Waals surface area (Å²) in [7, 11) is -7.65. The van der Waals surface area contributed by atoms with Crippen LogP contribution in [0.25, 0.3) is 0 Å². The zero-order valence-corrected chi connectivity index (χ0v) is 20.7. The molecule has 0 saturated carbocycles. The van der Waals surface area contributed by atoms with Crippen molar-refractivity contribution in [2.45, 2.75) is 25.7 Å². The average molecular weight is 504 g/mol. The molecule has 2 aromatic carbocycles. The van der Waals surface area contributed by atoms with Crippen molar-refractivity contribution in [3.8, 4) is 0 Å². The van der Waals surface area contributed by atoms with Crippen molar-refractivity contribution < 1.29 is 21.6 Å². The predicted molar refractivity (Wildman–Crippen MR) is 131 cm³/mol. The number of sulfonamides is 2. The molecule has 1 aromatic heterocycles. The monoisotopic (exact) mass is 503 g/mol. The molecule has 0 aliphatic rings. The summed E-state index contributed by atoms with van der Waals surface area (Å²) in [6, 6.07) is 12.2. The maximum absolute atomic E-state index is 12.6. The van der Waals surface area contributed by atoms with Crippen LogP contribution in [0.1, 0.15) is 16.8 Å². The van der Waals surface area contributed by atoms with Crippen LogP contribution in [0, 0.1) is 20.8 Å². The molecule has 2 N–H and O–H groups in total. The maximum Gasteiger partial charge on any atom is 0.264 e. The Labute approximate surface area is 199 Å². The molecule has 0 aliphatic heterocycles. The van der Waals surface area contributed by atoms with Gasteiger partial charge in [-0.25, -0.2) is 31.5 Å². The zero-order valence-electron chi connectivity index (χ0n) is 19.1. The minimum atomic E-state index is -3.93. The quantitative estimate of drug-likeness (QED) is 0.482. The number of amides is 1. The SMILES string of the molecule is Cc1ccnc(NS(=O)(=O)c2ccc(NC(=O)CN(c3ccc(C)c(C)c3)S(C)(=O)=O)cc2)n1. The van der Waals surface area contributed by atoms with Crippen molar-refractivity contribution in [2.75, 3.05) is 27.1 Å². The van der Waals surface area contributed by atoms with Gasteiger partial charge in [0, 0.05) is 17.6 Å². The van der Waals surface area contributed by atoms with Crippen LogP contribution in [0.5, 0.6) is 0 Å². The van der Waals surface area contributed by atoms with Gasteiger partial charge in [0.15, 0.2) is 0 Å². The highest BCUT2D eigenvalue weighted by atomic mass is 32.2. The molecule has 3 rings (SSSR count). The minimum Gasteiger partial charge on any atom is -0.325 e. The van der Waals surface area contributed by atoms with Gasteiger partial charge in [-0.05, 0) is 74.4 Å². The number of aromatic nitrogens is 2. The van der Waals surface area contributed by atoms with Gasteiger partial charge >= 0.3 is 0 Å². The summed E-state index contributed by atoms with van der Waals surface area (Å²) in [6.45, 7) is 5.04. The number of nitrogens with one attached hydrogen (secondary N) is 2. The number of aryl methyl sites for hydroxylation is 3. The van der Waals surface area contributed by atoms with Gasteiger partial charge in [0.1, 0.15) is 6.54 Å². The topological polar surface area (TPSA) is 138 Å². The van der Waals surface area contributed by atoms with Crippen molar-refractivity contribution in [1.29, 1.82) is 0 Å². The average Bonchev–Trinajstić information content (AvgIpc) is 2.73. The Balaban J connectivity index is 1.72. The molecule has 0 atom stereocenters. The van der Waals surface area contributed by atoms with Crippen molar-refractivity contribution >= 4 is 43.3 Å². The molecule has 1 heterocycles. The fourth-order valence-electron chi connectivity index (χ4n) is 3.01. The van der Waals surface area contributed by atoms with Gasteiger partial charge in [-0.3, -0.25) is 9.10 Å². The third-order valence-electron chi connectivity index (χ3n) is 4.93. The van der Waals surface area contributed by atoms with Crippen molar-refractivity contribution in [3.05, 3.63) is 71.5 Å². The molecule has 0 radical (unpaired) electrons. The lowest BCUT2D eigenvalue weighted by Gasteiger charge is -2.22. The number of benzene rings is 2. The first-order valence-electron chi connectivity index (χ1n) is 10.1. The number of hydrogen-bond donors (Lipinski definition) is 2. The van der Waals surface area contributed by atoms with E-state index in [0.29, 0.717) is 17.1 Å². The summed E-state index contributed by atoms with van der Waals surface area (Å²) in [5.74, 6) is -0.630. The van der Waals surface area contributed by atoms with Crippen LogP contribution in [0.2, 0.25) is 0 Å². The molecule has 180 valence electrons. The summed E-state index contributed by atoms with van der Waals surface area (Å²) in [4.78, 5) is 20.4. The van der Waals surface area contributed by atoms with E-state index in [2.05, 4.69) is 20.0 Å². The molecule has 0 fully saturated rings. The van der Waals surface area contributed by atoms with Crippen LogP contribution in [0.15, 0.2) is 59.6 Å². The number of anilines is 3. The van der Waals surface area contributed by atoms with Crippen LogP contribution in [0.3, 0.4) is 0 Å². The van der Waals surface area contributed by atoms with Gasteiger partial charge in [-0.15, -0.1) is 0 Å². The highest BCUT2D eigenvalue weighted by molar-refractivity contribution is 7.92. The highest BCUT2D eigenvalue weighted by Gasteiger charge is 2.22. The van der Waals surface area contributed by atoms with E-state index in [0.717, 1.165) is 21.7 Å². The van der Waals surface area contributed by atoms with Crippen LogP contribution < -0.4 is 14.3 Å². The Morgan fingerprint density at radius 2 is 1.62 bits per heavy atom. The second-order valence-electron chi connectivity index (χ2n) is 7.74. The molecule has 0 unspecified atom stereocenters. The van der Waals surface area contributed by atoms with Crippen molar-refractivity contribution in [1.82, 2.24) is 9.97 Å². The Morgan fingerprint density at radius 3 is 2.21 bits per heavy atom. The molecule has 3 aromatic rings. The molecule has 0 bridgehead atoms. The lowest BCUT2D eigenvalue weighted by Crippen LogP contribution is -2.37. The van der Waals surface area contributed by atoms with E-state index in [4.69, 9.17) is 0 Å². The summed E-state index contributed by atoms with van der Waals surface area (Å²) >= 11 is 0. The third kappa shape index (κ3) is 6.29. The van der Waals surface area contributed by atoms with E-state index < -0.39 is 32.5 Å². The van der Waals surface area contributed by atoms with Crippen LogP contribution in [0.4, 0.5) is 17.3 Å². The Bertz CT molecular complexity index is 1420. The fourth-order valence-corrected chi connectivity index (χ4v) is 4.81. The summed E-state index contributed by atoms with van der Waals surface area (Å²) in [5, 5.41) is 2.59. The van der Waals surface area contributed by atoms with Gasteiger partial charge in [-0.2, -0.15) is 0 Å². The zero-order chi connectivity index (χ0) is 25.1. The smallest absolute Gasteiger partial charge is 0.264 e. The number of nitrogens with zero attached hydrogens (tertiary/aromatic N) is 3. The largest absolute Gasteiger partial charge is 0.325 e. The lowest BCUT2D eigenvalue weighted by molar-refractivity contribution is -0.114. The first kappa shape index (κ1) is 25.1. The molecule has 0 aliphatic carbocycles. The minimum absolute atomic E-state index is 0.0513. The number of hydrogen-bond acceptors (Lipinski definition) is 7. The Morgan fingerprint density at radius 1 is 0.941 bits per heavy atom. The second-order valence-corrected chi connectivity index (χ2v) is 11.3. The van der Waals surface area contributed by atoms with Gasteiger partial charge in [-0.1, -0.05) is 6.07 Å². The molecule has 0 saturated heterocycles. The molecular formula is C22H25N5O5S2. The molecule has 0 spiro atoms. The van der Waals surface area contributed by atoms with Crippen LogP contribution in [-0.2, 0) is 24.8 Å². The normalized spacial score (nSPS) is 11.6. The number of carbonyl (C=O) groups is 1. The van der Waals surface area contributed by atoms with E-state index in [9.17, 15) is 21.6 Å². The molecule has 34 heavy (non-hydrogen) atoms. The number of carbonyl (C=O) groups excluding carboxylic acids is 1. The predicted octanol–water partition coefficient (Wildman–Crippen LogP) is 2.61. The molecule has 12 heteroatoms. The Kier molecular flexibility index (Phi) is 7.22. The van der Waals surface area contributed by atoms with Gasteiger partial charge in [0.05, 0.1) is 16.8 Å². The van der Waals surface area contributed by atoms with Gasteiger partial charge in [0.2, 0.25) is 21.9 Å². The standard InChI is InChI=1S/C22H25N5O5S2/c1-15-5-8-19(13-16(15)2)27(33(4,29)30)14-21(28)25-18-6-9-20(10-7-18)34(31,32)26-22-23-12-11-17(3)24-22/h5-13H,14H2,1-4H3,(H,25,28)(H,23,24,26). The third-order valence-corrected chi connectivity index (χ3v) is 7.42. The van der Waals surface area contributed by atoms with E-state index in [1.807, 2.05) is 13.8 Å². The van der Waals surface area contributed by atoms with Gasteiger partial charge < -0.3 is 5.32 Å². The van der Waals surface area contributed by atoms with Crippen LogP contribution in [-0.4, -0.2) is 45.5 Å². The highest BCUT2D eigenvalue weighted by Crippen LogP contribution is 2.22. The van der Waals surface area contributed by atoms with E-state index in [-0.39, 0.29) is 10.8 Å². The number of rotatable bonds is 8. The Hall–Kier alpha value is -3.51. The molecular weight excluding hydrogens is 478 g/mol. The van der Waals surface area contributed by atoms with E-state index in [1.54, 1.807) is 31.2 Å². The summed E-state index contributed by atoms with van der Waals surface area (Å²) < 4.78 is 53.0. The fraction of sp³-hybridized carbons (Fsp3) is 0.227. The van der Waals surface area contributed by atoms with E-state index >= 15 is 0 Å². The van der Waals surface area contributed by atoms with E-state index in [1.165, 1.54) is 30.5 Å². The second kappa shape index (κ2) is 9.77. The summed E-state index contributed by atoms with van der Waals surface area (Å²) in [6.07, 6.45) is 2.47.